The number of amides is 1. The number of hydrogen-bond acceptors (Lipinski definition) is 6. The third-order valence-corrected chi connectivity index (χ3v) is 5.37. The summed E-state index contributed by atoms with van der Waals surface area (Å²) >= 11 is 0. The van der Waals surface area contributed by atoms with Gasteiger partial charge in [-0.2, -0.15) is 0 Å². The zero-order valence-corrected chi connectivity index (χ0v) is 19.1. The second kappa shape index (κ2) is 9.25. The van der Waals surface area contributed by atoms with Gasteiger partial charge in [0.25, 0.3) is 11.5 Å². The molecule has 1 amide bonds. The second-order valence-corrected chi connectivity index (χ2v) is 7.75. The monoisotopic (exact) mass is 440 g/mol. The summed E-state index contributed by atoms with van der Waals surface area (Å²) in [5.74, 6) is 0.755. The summed E-state index contributed by atoms with van der Waals surface area (Å²) in [6, 6.07) is 6.48. The smallest absolute Gasteiger partial charge is 0.329 e. The van der Waals surface area contributed by atoms with E-state index < -0.39 is 23.2 Å². The molecule has 9 nitrogen and oxygen atoms in total. The molecule has 2 aromatic heterocycles. The van der Waals surface area contributed by atoms with Crippen LogP contribution in [0.5, 0.6) is 11.5 Å². The molecule has 0 fully saturated rings. The number of nitrogens with one attached hydrogen (secondary N) is 2. The molecule has 1 aromatic carbocycles. The van der Waals surface area contributed by atoms with Crippen molar-refractivity contribution in [3.63, 3.8) is 0 Å². The van der Waals surface area contributed by atoms with E-state index in [-0.39, 0.29) is 22.5 Å². The molecule has 1 unspecified atom stereocenters. The Balaban J connectivity index is 2.14. The Hall–Kier alpha value is -3.62. The molecule has 0 saturated heterocycles. The molecule has 0 aliphatic rings. The van der Waals surface area contributed by atoms with E-state index >= 15 is 0 Å². The number of H-pyrrole nitrogens is 1. The lowest BCUT2D eigenvalue weighted by molar-refractivity contribution is 0.0940. The molecule has 3 rings (SSSR count). The van der Waals surface area contributed by atoms with Crippen LogP contribution < -0.4 is 26.0 Å². The number of methoxy groups -OCH3 is 2. The Labute approximate surface area is 185 Å². The minimum absolute atomic E-state index is 0.0125. The van der Waals surface area contributed by atoms with Crippen molar-refractivity contribution in [1.29, 1.82) is 0 Å². The summed E-state index contributed by atoms with van der Waals surface area (Å²) in [5, 5.41) is 3.02. The number of nitrogens with zero attached hydrogens (tertiary/aromatic N) is 2. The predicted octanol–water partition coefficient (Wildman–Crippen LogP) is 2.74. The molecule has 2 N–H and O–H groups in total. The maximum Gasteiger partial charge on any atom is 0.329 e. The number of aromatic amines is 1. The number of benzene rings is 1. The topological polar surface area (TPSA) is 115 Å². The van der Waals surface area contributed by atoms with E-state index in [1.54, 1.807) is 45.4 Å². The van der Waals surface area contributed by atoms with E-state index in [9.17, 15) is 14.4 Å². The highest BCUT2D eigenvalue weighted by molar-refractivity contribution is 6.05. The van der Waals surface area contributed by atoms with Crippen LogP contribution in [0.25, 0.3) is 11.0 Å². The zero-order valence-electron chi connectivity index (χ0n) is 19.1. The van der Waals surface area contributed by atoms with Crippen molar-refractivity contribution in [3.05, 3.63) is 61.9 Å². The van der Waals surface area contributed by atoms with Crippen molar-refractivity contribution in [2.45, 2.75) is 46.2 Å². The van der Waals surface area contributed by atoms with E-state index in [4.69, 9.17) is 9.47 Å². The van der Waals surface area contributed by atoms with Gasteiger partial charge in [-0.1, -0.05) is 13.8 Å². The second-order valence-electron chi connectivity index (χ2n) is 7.75. The standard InChI is InChI=1S/C23H28N4O5/c1-7-27-20-19(22(29)26-23(27)30)16(11-17(25-20)12(2)3)21(28)24-13(4)15-10-14(31-5)8-9-18(15)32-6/h8-13H,7H2,1-6H3,(H,24,28)(H,26,29,30). The molecule has 2 heterocycles. The van der Waals surface area contributed by atoms with E-state index in [1.165, 1.54) is 4.57 Å². The third-order valence-electron chi connectivity index (χ3n) is 5.37. The zero-order chi connectivity index (χ0) is 23.6. The highest BCUT2D eigenvalue weighted by Gasteiger charge is 2.22. The van der Waals surface area contributed by atoms with Gasteiger partial charge >= 0.3 is 5.69 Å². The lowest BCUT2D eigenvalue weighted by atomic mass is 10.0. The van der Waals surface area contributed by atoms with Crippen LogP contribution in [-0.2, 0) is 6.54 Å². The number of pyridine rings is 1. The van der Waals surface area contributed by atoms with Crippen LogP contribution in [0.1, 0.15) is 61.3 Å². The van der Waals surface area contributed by atoms with Gasteiger partial charge in [0.2, 0.25) is 0 Å². The van der Waals surface area contributed by atoms with Crippen LogP contribution >= 0.6 is 0 Å². The molecule has 32 heavy (non-hydrogen) atoms. The molecule has 1 atom stereocenters. The summed E-state index contributed by atoms with van der Waals surface area (Å²) in [6.45, 7) is 7.76. The van der Waals surface area contributed by atoms with Crippen molar-refractivity contribution in [3.8, 4) is 11.5 Å². The molecule has 0 bridgehead atoms. The summed E-state index contributed by atoms with van der Waals surface area (Å²) < 4.78 is 12.1. The molecular weight excluding hydrogens is 412 g/mol. The Morgan fingerprint density at radius 1 is 1.16 bits per heavy atom. The van der Waals surface area contributed by atoms with Crippen LogP contribution in [0.2, 0.25) is 0 Å². The SMILES string of the molecule is CCn1c(=O)[nH]c(=O)c2c(C(=O)NC(C)c3cc(OC)ccc3OC)cc(C(C)C)nc21. The summed E-state index contributed by atoms with van der Waals surface area (Å²) in [6.07, 6.45) is 0. The number of ether oxygens (including phenoxy) is 2. The average molecular weight is 441 g/mol. The largest absolute Gasteiger partial charge is 0.497 e. The number of carbonyl (C=O) groups excluding carboxylic acids is 1. The molecule has 0 aliphatic carbocycles. The molecule has 0 radical (unpaired) electrons. The van der Waals surface area contributed by atoms with Crippen LogP contribution in [0.4, 0.5) is 0 Å². The molecule has 0 saturated carbocycles. The van der Waals surface area contributed by atoms with Crippen molar-refractivity contribution in [1.82, 2.24) is 19.9 Å². The van der Waals surface area contributed by atoms with Gasteiger partial charge in [0.1, 0.15) is 11.5 Å². The molecule has 9 heteroatoms. The minimum atomic E-state index is -0.644. The van der Waals surface area contributed by atoms with Crippen molar-refractivity contribution >= 4 is 16.9 Å². The van der Waals surface area contributed by atoms with E-state index in [0.29, 0.717) is 23.7 Å². The summed E-state index contributed by atoms with van der Waals surface area (Å²) in [5.41, 5.74) is 0.497. The molecule has 0 spiro atoms. The van der Waals surface area contributed by atoms with Gasteiger partial charge < -0.3 is 14.8 Å². The Kier molecular flexibility index (Phi) is 6.67. The van der Waals surface area contributed by atoms with E-state index in [2.05, 4.69) is 15.3 Å². The van der Waals surface area contributed by atoms with Crippen LogP contribution in [0, 0.1) is 0 Å². The fraction of sp³-hybridized carbons (Fsp3) is 0.391. The van der Waals surface area contributed by atoms with E-state index in [0.717, 1.165) is 5.56 Å². The Morgan fingerprint density at radius 3 is 2.47 bits per heavy atom. The Morgan fingerprint density at radius 2 is 1.88 bits per heavy atom. The number of aryl methyl sites for hydroxylation is 1. The fourth-order valence-corrected chi connectivity index (χ4v) is 3.59. The first-order valence-electron chi connectivity index (χ1n) is 10.4. The molecule has 3 aromatic rings. The maximum absolute atomic E-state index is 13.4. The van der Waals surface area contributed by atoms with Crippen LogP contribution in [0.15, 0.2) is 33.9 Å². The van der Waals surface area contributed by atoms with E-state index in [1.807, 2.05) is 20.8 Å². The van der Waals surface area contributed by atoms with Gasteiger partial charge in [-0.3, -0.25) is 19.1 Å². The molecule has 0 aliphatic heterocycles. The van der Waals surface area contributed by atoms with Gasteiger partial charge in [0, 0.05) is 17.8 Å². The third kappa shape index (κ3) is 4.23. The number of carbonyl (C=O) groups is 1. The maximum atomic E-state index is 13.4. The first kappa shape index (κ1) is 23.1. The summed E-state index contributed by atoms with van der Waals surface area (Å²) in [7, 11) is 3.11. The lowest BCUT2D eigenvalue weighted by Crippen LogP contribution is -2.34. The van der Waals surface area contributed by atoms with Gasteiger partial charge in [0.15, 0.2) is 5.65 Å². The number of fused-ring (bicyclic) bond motifs is 1. The van der Waals surface area contributed by atoms with Gasteiger partial charge in [-0.25, -0.2) is 9.78 Å². The predicted molar refractivity (Wildman–Crippen MR) is 122 cm³/mol. The first-order chi connectivity index (χ1) is 15.2. The van der Waals surface area contributed by atoms with Crippen molar-refractivity contribution in [2.24, 2.45) is 0 Å². The number of hydrogen-bond donors (Lipinski definition) is 2. The van der Waals surface area contributed by atoms with Gasteiger partial charge in [-0.15, -0.1) is 0 Å². The fourth-order valence-electron chi connectivity index (χ4n) is 3.59. The van der Waals surface area contributed by atoms with Gasteiger partial charge in [0.05, 0.1) is 31.2 Å². The van der Waals surface area contributed by atoms with Gasteiger partial charge in [-0.05, 0) is 44.0 Å². The van der Waals surface area contributed by atoms with Crippen molar-refractivity contribution in [2.75, 3.05) is 14.2 Å². The number of aromatic nitrogens is 3. The quantitative estimate of drug-likeness (QED) is 0.584. The van der Waals surface area contributed by atoms with Crippen LogP contribution in [0.3, 0.4) is 0 Å². The normalized spacial score (nSPS) is 12.1. The number of rotatable bonds is 7. The first-order valence-corrected chi connectivity index (χ1v) is 10.4. The average Bonchev–Trinajstić information content (AvgIpc) is 2.77. The van der Waals surface area contributed by atoms with Crippen molar-refractivity contribution < 1.29 is 14.3 Å². The highest BCUT2D eigenvalue weighted by atomic mass is 16.5. The molecular formula is C23H28N4O5. The highest BCUT2D eigenvalue weighted by Crippen LogP contribution is 2.30. The minimum Gasteiger partial charge on any atom is -0.497 e. The Bertz CT molecular complexity index is 1280. The lowest BCUT2D eigenvalue weighted by Gasteiger charge is -2.19. The summed E-state index contributed by atoms with van der Waals surface area (Å²) in [4.78, 5) is 45.1. The molecule has 170 valence electrons. The van der Waals surface area contributed by atoms with Crippen LogP contribution in [-0.4, -0.2) is 34.7 Å².